The van der Waals surface area contributed by atoms with Gasteiger partial charge >= 0.3 is 0 Å². The van der Waals surface area contributed by atoms with Gasteiger partial charge in [-0.15, -0.1) is 0 Å². The topological polar surface area (TPSA) is 26.0 Å². The summed E-state index contributed by atoms with van der Waals surface area (Å²) in [5.41, 5.74) is 6.73. The van der Waals surface area contributed by atoms with Gasteiger partial charge in [0.15, 0.2) is 0 Å². The van der Waals surface area contributed by atoms with Crippen LogP contribution in [0.1, 0.15) is 31.9 Å². The fourth-order valence-electron chi connectivity index (χ4n) is 1.35. The molecule has 3 heteroatoms. The van der Waals surface area contributed by atoms with Crippen molar-refractivity contribution in [3.8, 4) is 0 Å². The van der Waals surface area contributed by atoms with Gasteiger partial charge in [0.1, 0.15) is 5.82 Å². The summed E-state index contributed by atoms with van der Waals surface area (Å²) in [6.45, 7) is 4.11. The zero-order valence-corrected chi connectivity index (χ0v) is 9.18. The number of halogens is 2. The van der Waals surface area contributed by atoms with Crippen LogP contribution in [0, 0.1) is 11.7 Å². The minimum absolute atomic E-state index is 0.145. The van der Waals surface area contributed by atoms with Crippen LogP contribution in [0.2, 0.25) is 5.02 Å². The summed E-state index contributed by atoms with van der Waals surface area (Å²) in [5, 5.41) is 0.402. The molecule has 0 saturated carbocycles. The van der Waals surface area contributed by atoms with Crippen LogP contribution < -0.4 is 5.73 Å². The lowest BCUT2D eigenvalue weighted by atomic mass is 9.93. The molecule has 0 spiro atoms. The van der Waals surface area contributed by atoms with Gasteiger partial charge in [0.25, 0.3) is 0 Å². The monoisotopic (exact) mass is 215 g/mol. The standard InChI is InChI=1S/C11H15ClFN/c1-3-7(2)11(14)8-4-9(12)6-10(13)5-8/h4-7,11H,3,14H2,1-2H3/t7?,11-/m0/s1. The minimum atomic E-state index is -0.328. The summed E-state index contributed by atoms with van der Waals surface area (Å²) >= 11 is 5.75. The largest absolute Gasteiger partial charge is 0.324 e. The Bertz CT molecular complexity index is 294. The molecule has 2 atom stereocenters. The summed E-state index contributed by atoms with van der Waals surface area (Å²) in [5.74, 6) is -0.000815. The maximum absolute atomic E-state index is 13.0. The van der Waals surface area contributed by atoms with Crippen LogP contribution in [0.4, 0.5) is 4.39 Å². The van der Waals surface area contributed by atoms with E-state index in [1.165, 1.54) is 12.1 Å². The molecule has 1 unspecified atom stereocenters. The van der Waals surface area contributed by atoms with E-state index in [1.54, 1.807) is 6.07 Å². The molecule has 0 aliphatic rings. The minimum Gasteiger partial charge on any atom is -0.324 e. The first kappa shape index (κ1) is 11.5. The highest BCUT2D eigenvalue weighted by Crippen LogP contribution is 2.25. The second kappa shape index (κ2) is 4.76. The van der Waals surface area contributed by atoms with Gasteiger partial charge in [0.2, 0.25) is 0 Å². The number of rotatable bonds is 3. The Morgan fingerprint density at radius 1 is 1.43 bits per heavy atom. The SMILES string of the molecule is CCC(C)[C@H](N)c1cc(F)cc(Cl)c1. The van der Waals surface area contributed by atoms with E-state index in [0.29, 0.717) is 10.9 Å². The van der Waals surface area contributed by atoms with Crippen LogP contribution in [-0.2, 0) is 0 Å². The Labute approximate surface area is 89.1 Å². The highest BCUT2D eigenvalue weighted by atomic mass is 35.5. The van der Waals surface area contributed by atoms with Crippen molar-refractivity contribution in [1.82, 2.24) is 0 Å². The lowest BCUT2D eigenvalue weighted by Crippen LogP contribution is -2.18. The smallest absolute Gasteiger partial charge is 0.125 e. The normalized spacial score (nSPS) is 15.2. The van der Waals surface area contributed by atoms with Crippen molar-refractivity contribution >= 4 is 11.6 Å². The van der Waals surface area contributed by atoms with E-state index in [-0.39, 0.29) is 11.9 Å². The van der Waals surface area contributed by atoms with Crippen LogP contribution in [-0.4, -0.2) is 0 Å². The summed E-state index contributed by atoms with van der Waals surface area (Å²) in [6.07, 6.45) is 0.968. The van der Waals surface area contributed by atoms with Crippen molar-refractivity contribution < 1.29 is 4.39 Å². The first-order chi connectivity index (χ1) is 6.54. The van der Waals surface area contributed by atoms with Crippen LogP contribution in [0.5, 0.6) is 0 Å². The number of benzene rings is 1. The van der Waals surface area contributed by atoms with Gasteiger partial charge in [-0.25, -0.2) is 4.39 Å². The van der Waals surface area contributed by atoms with E-state index in [0.717, 1.165) is 12.0 Å². The van der Waals surface area contributed by atoms with Gasteiger partial charge in [0.05, 0.1) is 0 Å². The van der Waals surface area contributed by atoms with E-state index in [4.69, 9.17) is 17.3 Å². The van der Waals surface area contributed by atoms with Gasteiger partial charge < -0.3 is 5.73 Å². The molecular formula is C11H15ClFN. The average Bonchev–Trinajstić information content (AvgIpc) is 2.14. The predicted octanol–water partition coefficient (Wildman–Crippen LogP) is 3.53. The molecule has 0 aliphatic carbocycles. The van der Waals surface area contributed by atoms with E-state index in [9.17, 15) is 4.39 Å². The quantitative estimate of drug-likeness (QED) is 0.820. The van der Waals surface area contributed by atoms with E-state index < -0.39 is 0 Å². The molecule has 78 valence electrons. The van der Waals surface area contributed by atoms with Gasteiger partial charge in [-0.1, -0.05) is 31.9 Å². The molecule has 1 aromatic rings. The molecular weight excluding hydrogens is 201 g/mol. The maximum Gasteiger partial charge on any atom is 0.125 e. The second-order valence-electron chi connectivity index (χ2n) is 3.61. The molecule has 1 aromatic carbocycles. The lowest BCUT2D eigenvalue weighted by molar-refractivity contribution is 0.455. The fourth-order valence-corrected chi connectivity index (χ4v) is 1.58. The summed E-state index contributed by atoms with van der Waals surface area (Å²) < 4.78 is 13.0. The van der Waals surface area contributed by atoms with Gasteiger partial charge in [-0.2, -0.15) is 0 Å². The third kappa shape index (κ3) is 2.69. The molecule has 0 aliphatic heterocycles. The van der Waals surface area contributed by atoms with Crippen molar-refractivity contribution in [1.29, 1.82) is 0 Å². The molecule has 14 heavy (non-hydrogen) atoms. The first-order valence-corrected chi connectivity index (χ1v) is 5.14. The third-order valence-corrected chi connectivity index (χ3v) is 2.75. The van der Waals surface area contributed by atoms with Crippen LogP contribution in [0.25, 0.3) is 0 Å². The third-order valence-electron chi connectivity index (χ3n) is 2.53. The van der Waals surface area contributed by atoms with E-state index >= 15 is 0 Å². The Morgan fingerprint density at radius 2 is 2.07 bits per heavy atom. The fraction of sp³-hybridized carbons (Fsp3) is 0.455. The highest BCUT2D eigenvalue weighted by molar-refractivity contribution is 6.30. The van der Waals surface area contributed by atoms with Gasteiger partial charge in [0, 0.05) is 11.1 Å². The van der Waals surface area contributed by atoms with Gasteiger partial charge in [-0.05, 0) is 29.7 Å². The molecule has 0 amide bonds. The molecule has 1 nitrogen and oxygen atoms in total. The van der Waals surface area contributed by atoms with Crippen molar-refractivity contribution in [3.05, 3.63) is 34.6 Å². The number of nitrogens with two attached hydrogens (primary N) is 1. The van der Waals surface area contributed by atoms with E-state index in [2.05, 4.69) is 6.92 Å². The second-order valence-corrected chi connectivity index (χ2v) is 4.05. The van der Waals surface area contributed by atoms with E-state index in [1.807, 2.05) is 6.92 Å². The molecule has 0 bridgehead atoms. The summed E-state index contributed by atoms with van der Waals surface area (Å²) in [4.78, 5) is 0. The van der Waals surface area contributed by atoms with Gasteiger partial charge in [-0.3, -0.25) is 0 Å². The zero-order chi connectivity index (χ0) is 10.7. The van der Waals surface area contributed by atoms with Crippen molar-refractivity contribution in [2.75, 3.05) is 0 Å². The molecule has 0 aromatic heterocycles. The molecule has 0 radical (unpaired) electrons. The molecule has 2 N–H and O–H groups in total. The van der Waals surface area contributed by atoms with Crippen molar-refractivity contribution in [2.45, 2.75) is 26.3 Å². The lowest BCUT2D eigenvalue weighted by Gasteiger charge is -2.18. The molecule has 0 heterocycles. The predicted molar refractivity (Wildman–Crippen MR) is 57.8 cm³/mol. The van der Waals surface area contributed by atoms with Crippen molar-refractivity contribution in [3.63, 3.8) is 0 Å². The Hall–Kier alpha value is -0.600. The summed E-state index contributed by atoms with van der Waals surface area (Å²) in [6, 6.07) is 4.31. The average molecular weight is 216 g/mol. The highest BCUT2D eigenvalue weighted by Gasteiger charge is 2.14. The zero-order valence-electron chi connectivity index (χ0n) is 8.43. The Balaban J connectivity index is 2.94. The number of hydrogen-bond acceptors (Lipinski definition) is 1. The Kier molecular flexibility index (Phi) is 3.90. The first-order valence-electron chi connectivity index (χ1n) is 4.76. The molecule has 0 saturated heterocycles. The van der Waals surface area contributed by atoms with Crippen LogP contribution in [0.3, 0.4) is 0 Å². The van der Waals surface area contributed by atoms with Crippen molar-refractivity contribution in [2.24, 2.45) is 11.7 Å². The maximum atomic E-state index is 13.0. The van der Waals surface area contributed by atoms with Crippen LogP contribution >= 0.6 is 11.6 Å². The molecule has 1 rings (SSSR count). The Morgan fingerprint density at radius 3 is 2.57 bits per heavy atom. The molecule has 0 fully saturated rings. The van der Waals surface area contributed by atoms with Crippen LogP contribution in [0.15, 0.2) is 18.2 Å². The summed E-state index contributed by atoms with van der Waals surface area (Å²) in [7, 11) is 0. The number of hydrogen-bond donors (Lipinski definition) is 1.